The van der Waals surface area contributed by atoms with Crippen LogP contribution in [-0.4, -0.2) is 57.7 Å². The molecule has 0 aliphatic carbocycles. The molecule has 0 N–H and O–H groups in total. The molecule has 0 amide bonds. The van der Waals surface area contributed by atoms with Crippen LogP contribution in [0.4, 0.5) is 5.69 Å². The normalized spacial score (nSPS) is 19.9. The lowest BCUT2D eigenvalue weighted by Crippen LogP contribution is -2.53. The number of fused-ring (bicyclic) bond motifs is 3. The fourth-order valence-electron chi connectivity index (χ4n) is 5.69. The van der Waals surface area contributed by atoms with E-state index in [1.54, 1.807) is 0 Å². The third-order valence-corrected chi connectivity index (χ3v) is 7.43. The molecule has 6 rings (SSSR count). The van der Waals surface area contributed by atoms with Crippen LogP contribution in [0.5, 0.6) is 0 Å². The van der Waals surface area contributed by atoms with E-state index in [2.05, 4.69) is 43.7 Å². The Morgan fingerprint density at radius 3 is 2.49 bits per heavy atom. The number of anilines is 1. The van der Waals surface area contributed by atoms with Crippen molar-refractivity contribution < 1.29 is 9.53 Å². The van der Waals surface area contributed by atoms with Gasteiger partial charge in [-0.15, -0.1) is 0 Å². The summed E-state index contributed by atoms with van der Waals surface area (Å²) in [5.41, 5.74) is 5.23. The first-order chi connectivity index (χ1) is 17.2. The van der Waals surface area contributed by atoms with E-state index >= 15 is 0 Å². The Balaban J connectivity index is 1.21. The van der Waals surface area contributed by atoms with Gasteiger partial charge in [-0.05, 0) is 54.3 Å². The van der Waals surface area contributed by atoms with Crippen molar-refractivity contribution in [3.63, 3.8) is 0 Å². The summed E-state index contributed by atoms with van der Waals surface area (Å²) >= 11 is 0. The standard InChI is InChI=1S/C28H29N5O2/c1-35-28(34)22-6-4-20(5-7-22)16-31-14-11-25-26(10-13-30-27(25)31)32-18-23-8-9-24(19-32)33(23)17-21-3-2-12-29-15-21/h2-7,10-15,23-24H,8-9,16-19H2,1H3. The molecule has 2 unspecified atom stereocenters. The number of methoxy groups -OCH3 is 1. The SMILES string of the molecule is COC(=O)c1ccc(Cn2ccc3c(N4CC5CCC(C4)N5Cc4cccnc4)ccnc32)cc1. The molecule has 0 radical (unpaired) electrons. The van der Waals surface area contributed by atoms with E-state index in [-0.39, 0.29) is 5.97 Å². The van der Waals surface area contributed by atoms with Crippen molar-refractivity contribution in [2.24, 2.45) is 0 Å². The van der Waals surface area contributed by atoms with Gasteiger partial charge in [0.15, 0.2) is 0 Å². The largest absolute Gasteiger partial charge is 0.465 e. The van der Waals surface area contributed by atoms with E-state index in [9.17, 15) is 4.79 Å². The molecule has 178 valence electrons. The Morgan fingerprint density at radius 2 is 1.77 bits per heavy atom. The smallest absolute Gasteiger partial charge is 0.337 e. The molecule has 2 fully saturated rings. The number of hydrogen-bond donors (Lipinski definition) is 0. The summed E-state index contributed by atoms with van der Waals surface area (Å²) in [7, 11) is 1.40. The van der Waals surface area contributed by atoms with Crippen LogP contribution in [0.2, 0.25) is 0 Å². The van der Waals surface area contributed by atoms with Gasteiger partial charge in [0.25, 0.3) is 0 Å². The molecule has 3 aromatic heterocycles. The number of esters is 1. The third-order valence-electron chi connectivity index (χ3n) is 7.43. The van der Waals surface area contributed by atoms with Gasteiger partial charge in [0, 0.05) is 74.1 Å². The molecule has 0 spiro atoms. The number of benzene rings is 1. The van der Waals surface area contributed by atoms with E-state index in [0.717, 1.165) is 30.8 Å². The van der Waals surface area contributed by atoms with E-state index in [1.165, 1.54) is 36.6 Å². The molecule has 2 aliphatic heterocycles. The van der Waals surface area contributed by atoms with Gasteiger partial charge < -0.3 is 14.2 Å². The van der Waals surface area contributed by atoms with Crippen LogP contribution in [0, 0.1) is 0 Å². The van der Waals surface area contributed by atoms with Gasteiger partial charge in [0.05, 0.1) is 12.7 Å². The number of pyridine rings is 2. The predicted molar refractivity (Wildman–Crippen MR) is 135 cm³/mol. The topological polar surface area (TPSA) is 63.5 Å². The number of carbonyl (C=O) groups excluding carboxylic acids is 1. The molecule has 2 atom stereocenters. The third kappa shape index (κ3) is 4.17. The Bertz CT molecular complexity index is 1320. The summed E-state index contributed by atoms with van der Waals surface area (Å²) in [6, 6.07) is 17.2. The highest BCUT2D eigenvalue weighted by Crippen LogP contribution is 2.36. The maximum Gasteiger partial charge on any atom is 0.337 e. The van der Waals surface area contributed by atoms with E-state index in [0.29, 0.717) is 24.2 Å². The summed E-state index contributed by atoms with van der Waals surface area (Å²) in [6.07, 6.45) is 10.4. The average molecular weight is 468 g/mol. The second-order valence-corrected chi connectivity index (χ2v) is 9.52. The van der Waals surface area contributed by atoms with Crippen molar-refractivity contribution in [2.75, 3.05) is 25.1 Å². The van der Waals surface area contributed by atoms with Gasteiger partial charge in [-0.3, -0.25) is 9.88 Å². The number of hydrogen-bond acceptors (Lipinski definition) is 6. The first kappa shape index (κ1) is 21.8. The molecular formula is C28H29N5O2. The van der Waals surface area contributed by atoms with Gasteiger partial charge in [-0.25, -0.2) is 9.78 Å². The van der Waals surface area contributed by atoms with Crippen LogP contribution >= 0.6 is 0 Å². The first-order valence-corrected chi connectivity index (χ1v) is 12.2. The number of piperazine rings is 1. The van der Waals surface area contributed by atoms with Crippen molar-refractivity contribution in [2.45, 2.75) is 38.0 Å². The van der Waals surface area contributed by atoms with Gasteiger partial charge in [-0.2, -0.15) is 0 Å². The lowest BCUT2D eigenvalue weighted by Gasteiger charge is -2.42. The molecule has 35 heavy (non-hydrogen) atoms. The highest BCUT2D eigenvalue weighted by Gasteiger charge is 2.40. The number of carbonyl (C=O) groups is 1. The number of nitrogens with zero attached hydrogens (tertiary/aromatic N) is 5. The Hall–Kier alpha value is -3.71. The van der Waals surface area contributed by atoms with Gasteiger partial charge in [0.2, 0.25) is 0 Å². The van der Waals surface area contributed by atoms with E-state index in [4.69, 9.17) is 9.72 Å². The summed E-state index contributed by atoms with van der Waals surface area (Å²) in [5, 5.41) is 1.19. The number of rotatable bonds is 6. The predicted octanol–water partition coefficient (Wildman–Crippen LogP) is 4.12. The van der Waals surface area contributed by atoms with Crippen LogP contribution in [-0.2, 0) is 17.8 Å². The maximum atomic E-state index is 11.7. The van der Waals surface area contributed by atoms with E-state index < -0.39 is 0 Å². The minimum atomic E-state index is -0.316. The highest BCUT2D eigenvalue weighted by atomic mass is 16.5. The molecule has 2 saturated heterocycles. The lowest BCUT2D eigenvalue weighted by atomic mass is 10.1. The molecule has 4 aromatic rings. The van der Waals surface area contributed by atoms with Crippen molar-refractivity contribution in [1.29, 1.82) is 0 Å². The maximum absolute atomic E-state index is 11.7. The minimum Gasteiger partial charge on any atom is -0.465 e. The molecule has 2 bridgehead atoms. The zero-order valence-corrected chi connectivity index (χ0v) is 19.9. The monoisotopic (exact) mass is 467 g/mol. The first-order valence-electron chi connectivity index (χ1n) is 12.2. The van der Waals surface area contributed by atoms with Crippen LogP contribution in [0.3, 0.4) is 0 Å². The average Bonchev–Trinajstić information content (AvgIpc) is 3.40. The second-order valence-electron chi connectivity index (χ2n) is 9.52. The summed E-state index contributed by atoms with van der Waals surface area (Å²) in [4.78, 5) is 26.0. The fourth-order valence-corrected chi connectivity index (χ4v) is 5.69. The van der Waals surface area contributed by atoms with Gasteiger partial charge >= 0.3 is 5.97 Å². The van der Waals surface area contributed by atoms with Crippen LogP contribution in [0.25, 0.3) is 11.0 Å². The lowest BCUT2D eigenvalue weighted by molar-refractivity contribution is 0.0600. The molecular weight excluding hydrogens is 438 g/mol. The van der Waals surface area contributed by atoms with Crippen LogP contribution in [0.1, 0.15) is 34.3 Å². The summed E-state index contributed by atoms with van der Waals surface area (Å²) in [5.74, 6) is -0.316. The van der Waals surface area contributed by atoms with Crippen molar-refractivity contribution >= 4 is 22.7 Å². The van der Waals surface area contributed by atoms with E-state index in [1.807, 2.05) is 48.9 Å². The van der Waals surface area contributed by atoms with Crippen molar-refractivity contribution in [1.82, 2.24) is 19.4 Å². The van der Waals surface area contributed by atoms with Crippen LogP contribution < -0.4 is 4.90 Å². The zero-order valence-electron chi connectivity index (χ0n) is 19.9. The number of aromatic nitrogens is 3. The Morgan fingerprint density at radius 1 is 0.971 bits per heavy atom. The molecule has 1 aromatic carbocycles. The highest BCUT2D eigenvalue weighted by molar-refractivity contribution is 5.91. The van der Waals surface area contributed by atoms with Crippen molar-refractivity contribution in [3.8, 4) is 0 Å². The molecule has 0 saturated carbocycles. The van der Waals surface area contributed by atoms with Crippen molar-refractivity contribution in [3.05, 3.63) is 90.0 Å². The second kappa shape index (κ2) is 9.15. The minimum absolute atomic E-state index is 0.316. The Labute approximate surface area is 205 Å². The van der Waals surface area contributed by atoms with Crippen LogP contribution in [0.15, 0.2) is 73.3 Å². The molecule has 7 heteroatoms. The number of ether oxygens (including phenoxy) is 1. The fraction of sp³-hybridized carbons (Fsp3) is 0.321. The molecule has 5 heterocycles. The quantitative estimate of drug-likeness (QED) is 0.398. The summed E-state index contributed by atoms with van der Waals surface area (Å²) in [6.45, 7) is 3.76. The molecule has 7 nitrogen and oxygen atoms in total. The Kier molecular flexibility index (Phi) is 5.70. The van der Waals surface area contributed by atoms with Gasteiger partial charge in [0.1, 0.15) is 5.65 Å². The molecule has 2 aliphatic rings. The summed E-state index contributed by atoms with van der Waals surface area (Å²) < 4.78 is 6.98. The zero-order chi connectivity index (χ0) is 23.8. The van der Waals surface area contributed by atoms with Gasteiger partial charge in [-0.1, -0.05) is 18.2 Å².